The lowest BCUT2D eigenvalue weighted by Gasteiger charge is -2.25. The molecule has 0 radical (unpaired) electrons. The predicted octanol–water partition coefficient (Wildman–Crippen LogP) is 3.29. The maximum Gasteiger partial charge on any atom is 0.416 e. The Labute approximate surface area is 129 Å². The third-order valence-electron chi connectivity index (χ3n) is 3.18. The van der Waals surface area contributed by atoms with E-state index in [0.29, 0.717) is 19.0 Å². The van der Waals surface area contributed by atoms with Crippen LogP contribution in [0.25, 0.3) is 0 Å². The standard InChI is InChI=1S/C13H18F3NO2S.ClH/c1-12(2,7-8-17-3)20(18,19)11-6-4-5-10(9-11)13(14,15)16;/h4-6,9,17H,7-8H2,1-3H3;1H. The molecule has 122 valence electrons. The number of nitrogens with one attached hydrogen (secondary N) is 1. The first-order valence-electron chi connectivity index (χ1n) is 6.09. The summed E-state index contributed by atoms with van der Waals surface area (Å²) >= 11 is 0. The average molecular weight is 346 g/mol. The SMILES string of the molecule is CNCCC(C)(C)S(=O)(=O)c1cccc(C(F)(F)F)c1.Cl. The van der Waals surface area contributed by atoms with Crippen LogP contribution in [0.1, 0.15) is 25.8 Å². The topological polar surface area (TPSA) is 46.2 Å². The molecule has 3 nitrogen and oxygen atoms in total. The quantitative estimate of drug-likeness (QED) is 0.890. The van der Waals surface area contributed by atoms with Crippen molar-refractivity contribution >= 4 is 22.2 Å². The molecule has 0 amide bonds. The number of hydrogen-bond acceptors (Lipinski definition) is 3. The lowest BCUT2D eigenvalue weighted by Crippen LogP contribution is -2.35. The Kier molecular flexibility index (Phi) is 6.72. The molecule has 0 heterocycles. The van der Waals surface area contributed by atoms with Gasteiger partial charge in [-0.25, -0.2) is 8.42 Å². The fourth-order valence-electron chi connectivity index (χ4n) is 1.72. The lowest BCUT2D eigenvalue weighted by atomic mass is 10.1. The van der Waals surface area contributed by atoms with Crippen LogP contribution >= 0.6 is 12.4 Å². The van der Waals surface area contributed by atoms with E-state index in [1.54, 1.807) is 7.05 Å². The van der Waals surface area contributed by atoms with Crippen LogP contribution in [0, 0.1) is 0 Å². The highest BCUT2D eigenvalue weighted by Gasteiger charge is 2.37. The zero-order valence-electron chi connectivity index (χ0n) is 12.0. The van der Waals surface area contributed by atoms with Crippen LogP contribution in [0.3, 0.4) is 0 Å². The third kappa shape index (κ3) is 4.59. The number of hydrogen-bond donors (Lipinski definition) is 1. The van der Waals surface area contributed by atoms with E-state index in [-0.39, 0.29) is 17.3 Å². The Hall–Kier alpha value is -0.790. The van der Waals surface area contributed by atoms with E-state index in [4.69, 9.17) is 0 Å². The van der Waals surface area contributed by atoms with E-state index in [1.807, 2.05) is 0 Å². The average Bonchev–Trinajstić information content (AvgIpc) is 2.35. The molecule has 0 atom stereocenters. The summed E-state index contributed by atoms with van der Waals surface area (Å²) in [6, 6.07) is 3.87. The molecule has 21 heavy (non-hydrogen) atoms. The van der Waals surface area contributed by atoms with E-state index < -0.39 is 26.3 Å². The maximum absolute atomic E-state index is 12.7. The molecule has 0 unspecified atom stereocenters. The van der Waals surface area contributed by atoms with E-state index in [1.165, 1.54) is 19.9 Å². The highest BCUT2D eigenvalue weighted by atomic mass is 35.5. The first kappa shape index (κ1) is 20.2. The van der Waals surface area contributed by atoms with Gasteiger partial charge >= 0.3 is 6.18 Å². The number of halogens is 4. The van der Waals surface area contributed by atoms with Gasteiger partial charge in [-0.2, -0.15) is 13.2 Å². The van der Waals surface area contributed by atoms with Crippen molar-refractivity contribution in [1.29, 1.82) is 0 Å². The Balaban J connectivity index is 0.00000400. The molecule has 1 N–H and O–H groups in total. The van der Waals surface area contributed by atoms with Gasteiger partial charge in [0, 0.05) is 0 Å². The molecule has 0 spiro atoms. The summed E-state index contributed by atoms with van der Waals surface area (Å²) < 4.78 is 61.7. The van der Waals surface area contributed by atoms with Gasteiger partial charge < -0.3 is 5.32 Å². The molecule has 1 aromatic carbocycles. The van der Waals surface area contributed by atoms with Gasteiger partial charge in [0.1, 0.15) is 0 Å². The fraction of sp³-hybridized carbons (Fsp3) is 0.538. The maximum atomic E-state index is 12.7. The first-order valence-corrected chi connectivity index (χ1v) is 7.57. The molecule has 8 heteroatoms. The molecular weight excluding hydrogens is 327 g/mol. The van der Waals surface area contributed by atoms with Crippen molar-refractivity contribution in [1.82, 2.24) is 5.32 Å². The van der Waals surface area contributed by atoms with E-state index >= 15 is 0 Å². The van der Waals surface area contributed by atoms with Gasteiger partial charge in [-0.1, -0.05) is 6.07 Å². The summed E-state index contributed by atoms with van der Waals surface area (Å²) in [7, 11) is -2.15. The highest BCUT2D eigenvalue weighted by molar-refractivity contribution is 7.92. The Morgan fingerprint density at radius 3 is 2.24 bits per heavy atom. The van der Waals surface area contributed by atoms with Gasteiger partial charge in [0.25, 0.3) is 0 Å². The van der Waals surface area contributed by atoms with Gasteiger partial charge in [0.2, 0.25) is 0 Å². The minimum absolute atomic E-state index is 0. The van der Waals surface area contributed by atoms with Crippen LogP contribution < -0.4 is 5.32 Å². The Morgan fingerprint density at radius 1 is 1.19 bits per heavy atom. The lowest BCUT2D eigenvalue weighted by molar-refractivity contribution is -0.137. The normalized spacial score (nSPS) is 12.9. The van der Waals surface area contributed by atoms with Gasteiger partial charge in [0.15, 0.2) is 9.84 Å². The van der Waals surface area contributed by atoms with Crippen LogP contribution in [-0.2, 0) is 16.0 Å². The smallest absolute Gasteiger partial charge is 0.320 e. The van der Waals surface area contributed by atoms with Crippen molar-refractivity contribution in [3.05, 3.63) is 29.8 Å². The second kappa shape index (κ2) is 6.98. The van der Waals surface area contributed by atoms with E-state index in [2.05, 4.69) is 5.32 Å². The van der Waals surface area contributed by atoms with Crippen molar-refractivity contribution in [2.45, 2.75) is 36.1 Å². The van der Waals surface area contributed by atoms with Crippen LogP contribution in [-0.4, -0.2) is 26.8 Å². The molecule has 1 aromatic rings. The zero-order chi connectivity index (χ0) is 15.6. The van der Waals surface area contributed by atoms with Crippen LogP contribution in [0.2, 0.25) is 0 Å². The summed E-state index contributed by atoms with van der Waals surface area (Å²) in [5.41, 5.74) is -0.956. The number of sulfone groups is 1. The predicted molar refractivity (Wildman–Crippen MR) is 78.5 cm³/mol. The van der Waals surface area contributed by atoms with Gasteiger partial charge in [0.05, 0.1) is 15.2 Å². The molecule has 0 aliphatic rings. The second-order valence-electron chi connectivity index (χ2n) is 5.14. The van der Waals surface area contributed by atoms with Crippen molar-refractivity contribution in [3.63, 3.8) is 0 Å². The number of rotatable bonds is 5. The molecule has 0 fully saturated rings. The molecule has 0 aliphatic carbocycles. The summed E-state index contributed by atoms with van der Waals surface area (Å²) in [6.07, 6.45) is -4.25. The van der Waals surface area contributed by atoms with Crippen molar-refractivity contribution in [3.8, 4) is 0 Å². The summed E-state index contributed by atoms with van der Waals surface area (Å²) in [4.78, 5) is -0.298. The van der Waals surface area contributed by atoms with Gasteiger partial charge in [-0.15, -0.1) is 12.4 Å². The van der Waals surface area contributed by atoms with E-state index in [9.17, 15) is 21.6 Å². The summed E-state index contributed by atoms with van der Waals surface area (Å²) in [5, 5.41) is 2.84. The molecule has 1 rings (SSSR count). The first-order chi connectivity index (χ1) is 9.02. The molecule has 0 aromatic heterocycles. The van der Waals surface area contributed by atoms with Gasteiger partial charge in [-0.3, -0.25) is 0 Å². The second-order valence-corrected chi connectivity index (χ2v) is 7.73. The largest absolute Gasteiger partial charge is 0.416 e. The molecule has 0 saturated heterocycles. The van der Waals surface area contributed by atoms with Gasteiger partial charge in [-0.05, 0) is 52.1 Å². The molecular formula is C13H19ClF3NO2S. The monoisotopic (exact) mass is 345 g/mol. The Morgan fingerprint density at radius 2 is 1.76 bits per heavy atom. The number of alkyl halides is 3. The molecule has 0 bridgehead atoms. The Bertz CT molecular complexity index is 571. The van der Waals surface area contributed by atoms with Crippen LogP contribution in [0.5, 0.6) is 0 Å². The fourth-order valence-corrected chi connectivity index (χ4v) is 3.27. The van der Waals surface area contributed by atoms with Crippen LogP contribution in [0.15, 0.2) is 29.2 Å². The van der Waals surface area contributed by atoms with Crippen LogP contribution in [0.4, 0.5) is 13.2 Å². The molecule has 0 saturated carbocycles. The minimum Gasteiger partial charge on any atom is -0.320 e. The highest BCUT2D eigenvalue weighted by Crippen LogP contribution is 2.33. The van der Waals surface area contributed by atoms with E-state index in [0.717, 1.165) is 12.1 Å². The zero-order valence-corrected chi connectivity index (χ0v) is 13.6. The molecule has 0 aliphatic heterocycles. The summed E-state index contributed by atoms with van der Waals surface area (Å²) in [5.74, 6) is 0. The summed E-state index contributed by atoms with van der Waals surface area (Å²) in [6.45, 7) is 3.49. The van der Waals surface area contributed by atoms with Crippen molar-refractivity contribution < 1.29 is 21.6 Å². The van der Waals surface area contributed by atoms with Crippen molar-refractivity contribution in [2.24, 2.45) is 0 Å². The van der Waals surface area contributed by atoms with Crippen molar-refractivity contribution in [2.75, 3.05) is 13.6 Å². The third-order valence-corrected chi connectivity index (χ3v) is 5.71. The number of benzene rings is 1. The minimum atomic E-state index is -4.55.